The molecule has 0 aromatic rings. The zero-order valence-electron chi connectivity index (χ0n) is 12.3. The van der Waals surface area contributed by atoms with Gasteiger partial charge in [-0.15, -0.1) is 0 Å². The first kappa shape index (κ1) is 15.7. The van der Waals surface area contributed by atoms with Crippen molar-refractivity contribution in [3.05, 3.63) is 12.2 Å². The molecular weight excluding hydrogens is 192 g/mol. The molecule has 16 heavy (non-hydrogen) atoms. The summed E-state index contributed by atoms with van der Waals surface area (Å²) in [5.74, 6) is 1.65. The normalized spacial score (nSPS) is 17.9. The van der Waals surface area contributed by atoms with Crippen LogP contribution < -0.4 is 0 Å². The van der Waals surface area contributed by atoms with E-state index >= 15 is 0 Å². The van der Waals surface area contributed by atoms with Gasteiger partial charge < -0.3 is 0 Å². The molecule has 0 bridgehead atoms. The molecular formula is C16H32. The van der Waals surface area contributed by atoms with E-state index in [1.54, 1.807) is 0 Å². The second kappa shape index (κ2) is 7.92. The molecule has 0 heteroatoms. The van der Waals surface area contributed by atoms with E-state index in [0.29, 0.717) is 5.41 Å². The maximum atomic E-state index is 2.49. The van der Waals surface area contributed by atoms with Crippen LogP contribution in [0.4, 0.5) is 0 Å². The number of allylic oxidation sites excluding steroid dienone is 2. The molecule has 0 nitrogen and oxygen atoms in total. The summed E-state index contributed by atoms with van der Waals surface area (Å²) in [7, 11) is 0. The van der Waals surface area contributed by atoms with Gasteiger partial charge in [-0.3, -0.25) is 0 Å². The van der Waals surface area contributed by atoms with Gasteiger partial charge in [-0.2, -0.15) is 0 Å². The third-order valence-electron chi connectivity index (χ3n) is 3.53. The first-order valence-corrected chi connectivity index (χ1v) is 7.13. The Balaban J connectivity index is 4.76. The fraction of sp³-hybridized carbons (Fsp3) is 0.875. The molecule has 2 unspecified atom stereocenters. The van der Waals surface area contributed by atoms with Crippen molar-refractivity contribution >= 4 is 0 Å². The Kier molecular flexibility index (Phi) is 7.80. The summed E-state index contributed by atoms with van der Waals surface area (Å²) in [6.45, 7) is 13.9. The topological polar surface area (TPSA) is 0 Å². The molecule has 0 aromatic carbocycles. The Morgan fingerprint density at radius 3 is 2.06 bits per heavy atom. The molecule has 0 aliphatic rings. The van der Waals surface area contributed by atoms with Gasteiger partial charge in [0.1, 0.15) is 0 Å². The molecule has 0 aromatic heterocycles. The Morgan fingerprint density at radius 2 is 1.69 bits per heavy atom. The maximum absolute atomic E-state index is 2.49. The lowest BCUT2D eigenvalue weighted by atomic mass is 9.70. The molecule has 0 rings (SSSR count). The summed E-state index contributed by atoms with van der Waals surface area (Å²) < 4.78 is 0. The van der Waals surface area contributed by atoms with Crippen LogP contribution in [0.15, 0.2) is 12.2 Å². The quantitative estimate of drug-likeness (QED) is 0.455. The van der Waals surface area contributed by atoms with E-state index in [4.69, 9.17) is 0 Å². The lowest BCUT2D eigenvalue weighted by Gasteiger charge is -2.35. The van der Waals surface area contributed by atoms with Crippen LogP contribution in [0.25, 0.3) is 0 Å². The number of rotatable bonds is 8. The van der Waals surface area contributed by atoms with E-state index < -0.39 is 0 Å². The molecule has 0 N–H and O–H groups in total. The predicted molar refractivity (Wildman–Crippen MR) is 75.7 cm³/mol. The van der Waals surface area contributed by atoms with Crippen molar-refractivity contribution in [3.8, 4) is 0 Å². The summed E-state index contributed by atoms with van der Waals surface area (Å²) in [5.41, 5.74) is 0.465. The van der Waals surface area contributed by atoms with Crippen LogP contribution in [0.3, 0.4) is 0 Å². The van der Waals surface area contributed by atoms with Crippen molar-refractivity contribution in [2.24, 2.45) is 17.3 Å². The minimum atomic E-state index is 0.465. The summed E-state index contributed by atoms with van der Waals surface area (Å²) >= 11 is 0. The van der Waals surface area contributed by atoms with E-state index in [9.17, 15) is 0 Å². The molecule has 0 aliphatic carbocycles. The van der Waals surface area contributed by atoms with Crippen molar-refractivity contribution in [1.82, 2.24) is 0 Å². The van der Waals surface area contributed by atoms with Gasteiger partial charge >= 0.3 is 0 Å². The molecule has 0 spiro atoms. The van der Waals surface area contributed by atoms with Crippen LogP contribution in [0.2, 0.25) is 0 Å². The minimum absolute atomic E-state index is 0.465. The fourth-order valence-electron chi connectivity index (χ4n) is 3.01. The van der Waals surface area contributed by atoms with Gasteiger partial charge in [-0.25, -0.2) is 0 Å². The molecule has 0 saturated carbocycles. The Hall–Kier alpha value is -0.260. The third kappa shape index (κ3) is 5.72. The monoisotopic (exact) mass is 224 g/mol. The first-order chi connectivity index (χ1) is 7.49. The lowest BCUT2D eigenvalue weighted by Crippen LogP contribution is -2.23. The summed E-state index contributed by atoms with van der Waals surface area (Å²) in [4.78, 5) is 0. The van der Waals surface area contributed by atoms with Crippen molar-refractivity contribution in [2.75, 3.05) is 0 Å². The molecule has 0 amide bonds. The van der Waals surface area contributed by atoms with Gasteiger partial charge in [0.25, 0.3) is 0 Å². The Labute approximate surface area is 104 Å². The zero-order valence-corrected chi connectivity index (χ0v) is 12.3. The zero-order chi connectivity index (χ0) is 12.6. The lowest BCUT2D eigenvalue weighted by molar-refractivity contribution is 0.217. The van der Waals surface area contributed by atoms with Crippen molar-refractivity contribution in [3.63, 3.8) is 0 Å². The van der Waals surface area contributed by atoms with E-state index in [1.807, 2.05) is 0 Å². The van der Waals surface area contributed by atoms with Crippen molar-refractivity contribution in [2.45, 2.75) is 73.6 Å². The molecule has 2 atom stereocenters. The number of hydrogen-bond acceptors (Lipinski definition) is 0. The predicted octanol–water partition coefficient (Wildman–Crippen LogP) is 5.83. The van der Waals surface area contributed by atoms with Gasteiger partial charge in [0, 0.05) is 0 Å². The Bertz CT molecular complexity index is 190. The van der Waals surface area contributed by atoms with E-state index in [-0.39, 0.29) is 0 Å². The van der Waals surface area contributed by atoms with Gasteiger partial charge in [-0.1, -0.05) is 59.6 Å². The van der Waals surface area contributed by atoms with Crippen LogP contribution in [-0.4, -0.2) is 0 Å². The van der Waals surface area contributed by atoms with E-state index in [2.05, 4.69) is 53.7 Å². The van der Waals surface area contributed by atoms with Gasteiger partial charge in [0.2, 0.25) is 0 Å². The smallest absolute Gasteiger partial charge is 0.0113 e. The van der Waals surface area contributed by atoms with E-state index in [0.717, 1.165) is 11.8 Å². The average Bonchev–Trinajstić information content (AvgIpc) is 2.17. The van der Waals surface area contributed by atoms with Crippen LogP contribution in [-0.2, 0) is 0 Å². The standard InChI is InChI=1S/C16H32/c1-7-10-16(11-8-2,12-14(4)5)13-15(6)9-3/h7,10,14-15H,8-9,11-13H2,1-6H3. The van der Waals surface area contributed by atoms with Gasteiger partial charge in [0.05, 0.1) is 0 Å². The molecule has 0 radical (unpaired) electrons. The second-order valence-corrected chi connectivity index (χ2v) is 5.93. The minimum Gasteiger partial charge on any atom is -0.0911 e. The second-order valence-electron chi connectivity index (χ2n) is 5.93. The molecule has 0 saturated heterocycles. The maximum Gasteiger partial charge on any atom is -0.0113 e. The molecule has 0 aliphatic heterocycles. The van der Waals surface area contributed by atoms with Crippen molar-refractivity contribution in [1.29, 1.82) is 0 Å². The third-order valence-corrected chi connectivity index (χ3v) is 3.53. The van der Waals surface area contributed by atoms with Crippen molar-refractivity contribution < 1.29 is 0 Å². The highest BCUT2D eigenvalue weighted by molar-refractivity contribution is 4.99. The van der Waals surface area contributed by atoms with Crippen LogP contribution in [0.5, 0.6) is 0 Å². The summed E-state index contributed by atoms with van der Waals surface area (Å²) in [6.07, 6.45) is 11.4. The molecule has 0 heterocycles. The summed E-state index contributed by atoms with van der Waals surface area (Å²) in [5, 5.41) is 0. The highest BCUT2D eigenvalue weighted by Crippen LogP contribution is 2.40. The van der Waals surface area contributed by atoms with Crippen LogP contribution >= 0.6 is 0 Å². The largest absolute Gasteiger partial charge is 0.0911 e. The average molecular weight is 224 g/mol. The SMILES string of the molecule is CC=CC(CCC)(CC(C)C)CC(C)CC. The summed E-state index contributed by atoms with van der Waals surface area (Å²) in [6, 6.07) is 0. The van der Waals surface area contributed by atoms with Gasteiger partial charge in [0.15, 0.2) is 0 Å². The first-order valence-electron chi connectivity index (χ1n) is 7.13. The molecule has 96 valence electrons. The van der Waals surface area contributed by atoms with Crippen LogP contribution in [0.1, 0.15) is 73.6 Å². The van der Waals surface area contributed by atoms with E-state index in [1.165, 1.54) is 32.1 Å². The number of hydrogen-bond donors (Lipinski definition) is 0. The Morgan fingerprint density at radius 1 is 1.06 bits per heavy atom. The highest BCUT2D eigenvalue weighted by Gasteiger charge is 2.28. The van der Waals surface area contributed by atoms with Gasteiger partial charge in [-0.05, 0) is 43.4 Å². The highest BCUT2D eigenvalue weighted by atomic mass is 14.3. The van der Waals surface area contributed by atoms with Crippen LogP contribution in [0, 0.1) is 17.3 Å². The molecule has 0 fully saturated rings. The fourth-order valence-corrected chi connectivity index (χ4v) is 3.01.